The summed E-state index contributed by atoms with van der Waals surface area (Å²) in [7, 11) is 0. The molecule has 0 unspecified atom stereocenters. The highest BCUT2D eigenvalue weighted by atomic mass is 15.4. The third-order valence-electron chi connectivity index (χ3n) is 9.65. The number of benzene rings is 4. The summed E-state index contributed by atoms with van der Waals surface area (Å²) in [6, 6.07) is 35.1. The first-order valence-corrected chi connectivity index (χ1v) is 16.0. The average Bonchev–Trinajstić information content (AvgIpc) is 3.58. The standard InChI is InChI=1S/C40H39N4/c1-5-8-12-29-13-11-15-33(25-29)30-17-19-32(20-18-30)38-27-44(42-41-38)34-21-22-35-28(4)40(6-2,7-3)43-24-23-31-14-9-10-16-36(31)39(43)37(35)26-34/h9-11,13-27H,4-8,12H2,1-3H3/q+1. The summed E-state index contributed by atoms with van der Waals surface area (Å²) in [6.45, 7) is 11.5. The number of hydrogen-bond donors (Lipinski definition) is 0. The molecule has 1 aliphatic heterocycles. The molecule has 3 heterocycles. The average molecular weight is 576 g/mol. The van der Waals surface area contributed by atoms with Crippen LogP contribution < -0.4 is 4.57 Å². The van der Waals surface area contributed by atoms with Gasteiger partial charge < -0.3 is 0 Å². The van der Waals surface area contributed by atoms with Crippen molar-refractivity contribution >= 4 is 16.3 Å². The van der Waals surface area contributed by atoms with Gasteiger partial charge in [0.05, 0.1) is 22.8 Å². The van der Waals surface area contributed by atoms with E-state index in [0.717, 1.165) is 36.2 Å². The van der Waals surface area contributed by atoms with E-state index in [2.05, 4.69) is 145 Å². The lowest BCUT2D eigenvalue weighted by molar-refractivity contribution is -0.740. The van der Waals surface area contributed by atoms with Crippen LogP contribution in [0.2, 0.25) is 0 Å². The van der Waals surface area contributed by atoms with Gasteiger partial charge in [0, 0.05) is 30.0 Å². The molecule has 2 aromatic heterocycles. The molecular weight excluding hydrogens is 536 g/mol. The minimum Gasteiger partial charge on any atom is -0.220 e. The second-order valence-corrected chi connectivity index (χ2v) is 12.0. The maximum atomic E-state index is 4.67. The first kappa shape index (κ1) is 28.0. The second-order valence-electron chi connectivity index (χ2n) is 12.0. The van der Waals surface area contributed by atoms with Gasteiger partial charge in [-0.25, -0.2) is 4.68 Å². The first-order valence-electron chi connectivity index (χ1n) is 16.0. The summed E-state index contributed by atoms with van der Waals surface area (Å²) in [5.41, 5.74) is 11.4. The molecule has 218 valence electrons. The summed E-state index contributed by atoms with van der Waals surface area (Å²) in [4.78, 5) is 0. The van der Waals surface area contributed by atoms with Crippen molar-refractivity contribution in [2.75, 3.05) is 0 Å². The van der Waals surface area contributed by atoms with Crippen LogP contribution in [0.3, 0.4) is 0 Å². The Morgan fingerprint density at radius 1 is 0.773 bits per heavy atom. The third-order valence-corrected chi connectivity index (χ3v) is 9.65. The molecule has 0 fully saturated rings. The van der Waals surface area contributed by atoms with Crippen LogP contribution in [0.4, 0.5) is 0 Å². The molecule has 4 nitrogen and oxygen atoms in total. The molecule has 0 amide bonds. The molecule has 7 rings (SSSR count). The predicted octanol–water partition coefficient (Wildman–Crippen LogP) is 9.59. The van der Waals surface area contributed by atoms with Crippen molar-refractivity contribution in [3.05, 3.63) is 127 Å². The topological polar surface area (TPSA) is 34.6 Å². The molecule has 0 saturated carbocycles. The van der Waals surface area contributed by atoms with E-state index in [1.807, 2.05) is 10.9 Å². The zero-order chi connectivity index (χ0) is 30.3. The van der Waals surface area contributed by atoms with Crippen molar-refractivity contribution in [2.45, 2.75) is 58.4 Å². The predicted molar refractivity (Wildman–Crippen MR) is 182 cm³/mol. The molecule has 0 aliphatic carbocycles. The Labute approximate surface area is 260 Å². The van der Waals surface area contributed by atoms with Gasteiger partial charge in [-0.15, -0.1) is 5.10 Å². The van der Waals surface area contributed by atoms with Crippen molar-refractivity contribution < 1.29 is 4.57 Å². The minimum atomic E-state index is -0.155. The molecular formula is C40H39N4+. The lowest BCUT2D eigenvalue weighted by Crippen LogP contribution is -2.59. The molecule has 44 heavy (non-hydrogen) atoms. The Kier molecular flexibility index (Phi) is 7.21. The van der Waals surface area contributed by atoms with Crippen LogP contribution >= 0.6 is 0 Å². The molecule has 4 aromatic carbocycles. The Balaban J connectivity index is 1.25. The van der Waals surface area contributed by atoms with Crippen LogP contribution in [0.15, 0.2) is 116 Å². The summed E-state index contributed by atoms with van der Waals surface area (Å²) in [5, 5.41) is 11.6. The zero-order valence-corrected chi connectivity index (χ0v) is 25.9. The lowest BCUT2D eigenvalue weighted by Gasteiger charge is -2.35. The molecule has 0 N–H and O–H groups in total. The monoisotopic (exact) mass is 575 g/mol. The van der Waals surface area contributed by atoms with Crippen molar-refractivity contribution in [1.29, 1.82) is 0 Å². The van der Waals surface area contributed by atoms with Crippen molar-refractivity contribution in [1.82, 2.24) is 15.0 Å². The number of pyridine rings is 1. The van der Waals surface area contributed by atoms with E-state index in [4.69, 9.17) is 0 Å². The Morgan fingerprint density at radius 2 is 1.57 bits per heavy atom. The largest absolute Gasteiger partial charge is 0.221 e. The van der Waals surface area contributed by atoms with Crippen molar-refractivity contribution in [3.63, 3.8) is 0 Å². The molecule has 0 radical (unpaired) electrons. The highest BCUT2D eigenvalue weighted by Crippen LogP contribution is 2.45. The molecule has 0 bridgehead atoms. The van der Waals surface area contributed by atoms with Gasteiger partial charge in [0.15, 0.2) is 11.7 Å². The number of aryl methyl sites for hydroxylation is 1. The van der Waals surface area contributed by atoms with Crippen LogP contribution in [0.1, 0.15) is 57.6 Å². The summed E-state index contributed by atoms with van der Waals surface area (Å²) in [6.07, 6.45) is 9.80. The minimum absolute atomic E-state index is 0.155. The summed E-state index contributed by atoms with van der Waals surface area (Å²) in [5.74, 6) is 0. The Hall–Kier alpha value is -4.83. The van der Waals surface area contributed by atoms with Gasteiger partial charge in [-0.1, -0.05) is 112 Å². The number of allylic oxidation sites excluding steroid dienone is 1. The Morgan fingerprint density at radius 3 is 2.36 bits per heavy atom. The van der Waals surface area contributed by atoms with E-state index in [0.29, 0.717) is 0 Å². The van der Waals surface area contributed by atoms with Gasteiger partial charge >= 0.3 is 0 Å². The van der Waals surface area contributed by atoms with Gasteiger partial charge in [-0.2, -0.15) is 4.57 Å². The van der Waals surface area contributed by atoms with Crippen LogP contribution in [0.25, 0.3) is 55.7 Å². The quantitative estimate of drug-likeness (QED) is 0.169. The van der Waals surface area contributed by atoms with Gasteiger partial charge in [0.2, 0.25) is 5.69 Å². The molecule has 4 heteroatoms. The maximum absolute atomic E-state index is 4.67. The van der Waals surface area contributed by atoms with Crippen molar-refractivity contribution in [2.24, 2.45) is 0 Å². The second kappa shape index (κ2) is 11.3. The van der Waals surface area contributed by atoms with E-state index < -0.39 is 0 Å². The van der Waals surface area contributed by atoms with E-state index in [1.165, 1.54) is 62.7 Å². The lowest BCUT2D eigenvalue weighted by atomic mass is 9.75. The third kappa shape index (κ3) is 4.57. The fraction of sp³-hybridized carbons (Fsp3) is 0.225. The van der Waals surface area contributed by atoms with Crippen LogP contribution in [0.5, 0.6) is 0 Å². The highest BCUT2D eigenvalue weighted by Gasteiger charge is 2.47. The number of nitrogens with zero attached hydrogens (tertiary/aromatic N) is 4. The molecule has 0 spiro atoms. The van der Waals surface area contributed by atoms with E-state index in [9.17, 15) is 0 Å². The van der Waals surface area contributed by atoms with Crippen LogP contribution in [0, 0.1) is 0 Å². The Bertz CT molecular complexity index is 1990. The molecule has 1 aliphatic rings. The van der Waals surface area contributed by atoms with Crippen LogP contribution in [-0.2, 0) is 12.0 Å². The summed E-state index contributed by atoms with van der Waals surface area (Å²) >= 11 is 0. The summed E-state index contributed by atoms with van der Waals surface area (Å²) < 4.78 is 4.36. The number of aromatic nitrogens is 4. The van der Waals surface area contributed by atoms with E-state index in [-0.39, 0.29) is 5.54 Å². The van der Waals surface area contributed by atoms with E-state index >= 15 is 0 Å². The highest BCUT2D eigenvalue weighted by molar-refractivity contribution is 5.97. The van der Waals surface area contributed by atoms with Gasteiger partial charge in [-0.05, 0) is 58.7 Å². The van der Waals surface area contributed by atoms with Gasteiger partial charge in [0.25, 0.3) is 0 Å². The van der Waals surface area contributed by atoms with E-state index in [1.54, 1.807) is 0 Å². The number of unbranched alkanes of at least 4 members (excludes halogenated alkanes) is 1. The fourth-order valence-corrected chi connectivity index (χ4v) is 7.04. The molecule has 0 saturated heterocycles. The van der Waals surface area contributed by atoms with Crippen LogP contribution in [-0.4, -0.2) is 15.0 Å². The first-order chi connectivity index (χ1) is 21.6. The number of rotatable bonds is 8. The zero-order valence-electron chi connectivity index (χ0n) is 25.9. The number of fused-ring (bicyclic) bond motifs is 5. The molecule has 6 aromatic rings. The normalized spacial score (nSPS) is 13.6. The van der Waals surface area contributed by atoms with Gasteiger partial charge in [-0.3, -0.25) is 0 Å². The fourth-order valence-electron chi connectivity index (χ4n) is 7.04. The smallest absolute Gasteiger partial charge is 0.220 e. The van der Waals surface area contributed by atoms with Gasteiger partial charge in [0.1, 0.15) is 5.69 Å². The maximum Gasteiger partial charge on any atom is 0.221 e. The van der Waals surface area contributed by atoms with Crippen molar-refractivity contribution in [3.8, 4) is 39.3 Å². The number of hydrogen-bond acceptors (Lipinski definition) is 2. The SMILES string of the molecule is C=C1c2ccc(-n3cc(-c4ccc(-c5cccc(CCCC)c5)cc4)nn3)cc2-c2c3ccccc3cc[n+]2C1(CC)CC. The molecule has 0 atom stereocenters.